The van der Waals surface area contributed by atoms with Gasteiger partial charge in [0.1, 0.15) is 13.2 Å². The Morgan fingerprint density at radius 3 is 1.08 bits per heavy atom. The maximum Gasteiger partial charge on any atom is 0.306 e. The third kappa shape index (κ3) is 47.5. The number of ether oxygens (including phenoxy) is 3. The first-order valence-electron chi connectivity index (χ1n) is 25.1. The van der Waals surface area contributed by atoms with Crippen molar-refractivity contribution in [3.05, 3.63) is 85.1 Å². The Kier molecular flexibility index (Phi) is 46.5. The van der Waals surface area contributed by atoms with E-state index in [1.807, 2.05) is 0 Å². The van der Waals surface area contributed by atoms with Crippen molar-refractivity contribution < 1.29 is 28.6 Å². The Morgan fingerprint density at radius 1 is 0.344 bits per heavy atom. The summed E-state index contributed by atoms with van der Waals surface area (Å²) in [5.41, 5.74) is 0. The van der Waals surface area contributed by atoms with Crippen LogP contribution in [0.15, 0.2) is 85.1 Å². The molecular formula is C55H92O6. The Morgan fingerprint density at radius 2 is 0.639 bits per heavy atom. The van der Waals surface area contributed by atoms with Crippen LogP contribution in [0.5, 0.6) is 0 Å². The third-order valence-corrected chi connectivity index (χ3v) is 10.4. The van der Waals surface area contributed by atoms with Crippen LogP contribution in [0, 0.1) is 0 Å². The van der Waals surface area contributed by atoms with Crippen molar-refractivity contribution in [1.82, 2.24) is 0 Å². The minimum absolute atomic E-state index is 0.102. The number of unbranched alkanes of at least 4 members (excludes halogenated alkanes) is 19. The quantitative estimate of drug-likeness (QED) is 0.0263. The van der Waals surface area contributed by atoms with Crippen LogP contribution < -0.4 is 0 Å². The van der Waals surface area contributed by atoms with E-state index in [9.17, 15) is 14.4 Å². The van der Waals surface area contributed by atoms with Crippen LogP contribution in [-0.2, 0) is 28.6 Å². The minimum atomic E-state index is -0.803. The first-order valence-corrected chi connectivity index (χ1v) is 25.1. The summed E-state index contributed by atoms with van der Waals surface area (Å²) in [5.74, 6) is -0.969. The number of carbonyl (C=O) groups excluding carboxylic acids is 3. The molecule has 0 aliphatic heterocycles. The maximum atomic E-state index is 12.8. The van der Waals surface area contributed by atoms with E-state index in [4.69, 9.17) is 14.2 Å². The molecule has 0 radical (unpaired) electrons. The molecule has 6 heteroatoms. The van der Waals surface area contributed by atoms with Crippen LogP contribution in [0.1, 0.15) is 226 Å². The van der Waals surface area contributed by atoms with Crippen molar-refractivity contribution in [3.8, 4) is 0 Å². The summed E-state index contributed by atoms with van der Waals surface area (Å²) in [6.45, 7) is 6.41. The lowest BCUT2D eigenvalue weighted by atomic mass is 10.1. The van der Waals surface area contributed by atoms with Gasteiger partial charge in [0.2, 0.25) is 0 Å². The molecule has 0 rings (SSSR count). The van der Waals surface area contributed by atoms with E-state index < -0.39 is 6.10 Å². The standard InChI is InChI=1S/C55H92O6/c1-4-7-10-13-16-19-22-25-27-30-32-35-38-41-44-47-53(56)59-50-52(61-55(58)49-46-43-40-37-34-29-24-21-18-15-12-9-6-3)51-60-54(57)48-45-42-39-36-33-31-28-26-23-20-17-14-11-8-5-2/h7,10,16-17,19-21,24-28,33,36,52H,4-6,8-9,11-15,18,22-23,29-32,34-35,37-51H2,1-3H3/b10-7-,19-16-,20-17-,24-21-,27-25-,28-26-,36-33-/t52-/m1/s1. The lowest BCUT2D eigenvalue weighted by molar-refractivity contribution is -0.167. The summed E-state index contributed by atoms with van der Waals surface area (Å²) in [7, 11) is 0. The number of rotatable bonds is 44. The number of hydrogen-bond acceptors (Lipinski definition) is 6. The largest absolute Gasteiger partial charge is 0.462 e. The second-order valence-corrected chi connectivity index (χ2v) is 16.3. The summed E-state index contributed by atoms with van der Waals surface area (Å²) in [5, 5.41) is 0. The monoisotopic (exact) mass is 849 g/mol. The van der Waals surface area contributed by atoms with Crippen LogP contribution in [0.3, 0.4) is 0 Å². The van der Waals surface area contributed by atoms with Crippen molar-refractivity contribution >= 4 is 17.9 Å². The van der Waals surface area contributed by atoms with Crippen LogP contribution in [0.25, 0.3) is 0 Å². The fraction of sp³-hybridized carbons (Fsp3) is 0.691. The normalized spacial score (nSPS) is 12.8. The second kappa shape index (κ2) is 49.2. The van der Waals surface area contributed by atoms with Crippen molar-refractivity contribution in [2.45, 2.75) is 232 Å². The molecule has 0 spiro atoms. The maximum absolute atomic E-state index is 12.8. The first kappa shape index (κ1) is 57.6. The van der Waals surface area contributed by atoms with E-state index in [1.165, 1.54) is 64.2 Å². The zero-order chi connectivity index (χ0) is 44.4. The minimum Gasteiger partial charge on any atom is -0.462 e. The van der Waals surface area contributed by atoms with E-state index in [2.05, 4.69) is 106 Å². The zero-order valence-electron chi connectivity index (χ0n) is 39.7. The van der Waals surface area contributed by atoms with Crippen molar-refractivity contribution in [1.29, 1.82) is 0 Å². The number of hydrogen-bond donors (Lipinski definition) is 0. The first-order chi connectivity index (χ1) is 30.0. The molecule has 0 aromatic rings. The molecule has 348 valence electrons. The molecule has 0 N–H and O–H groups in total. The van der Waals surface area contributed by atoms with E-state index >= 15 is 0 Å². The highest BCUT2D eigenvalue weighted by molar-refractivity contribution is 5.71. The molecule has 0 unspecified atom stereocenters. The van der Waals surface area contributed by atoms with Gasteiger partial charge in [-0.2, -0.15) is 0 Å². The lowest BCUT2D eigenvalue weighted by Gasteiger charge is -2.18. The molecule has 0 saturated carbocycles. The van der Waals surface area contributed by atoms with Gasteiger partial charge in [0.25, 0.3) is 0 Å². The van der Waals surface area contributed by atoms with Gasteiger partial charge in [-0.05, 0) is 116 Å². The molecule has 0 saturated heterocycles. The van der Waals surface area contributed by atoms with Gasteiger partial charge in [0, 0.05) is 19.3 Å². The summed E-state index contributed by atoms with van der Waals surface area (Å²) in [6.07, 6.45) is 62.8. The fourth-order valence-electron chi connectivity index (χ4n) is 6.57. The van der Waals surface area contributed by atoms with Crippen LogP contribution >= 0.6 is 0 Å². The highest BCUT2D eigenvalue weighted by atomic mass is 16.6. The van der Waals surface area contributed by atoms with Gasteiger partial charge in [-0.25, -0.2) is 0 Å². The van der Waals surface area contributed by atoms with Crippen LogP contribution in [-0.4, -0.2) is 37.2 Å². The Bertz CT molecular complexity index is 1200. The molecule has 0 heterocycles. The van der Waals surface area contributed by atoms with Gasteiger partial charge in [-0.15, -0.1) is 0 Å². The molecule has 6 nitrogen and oxygen atoms in total. The highest BCUT2D eigenvalue weighted by Crippen LogP contribution is 2.13. The van der Waals surface area contributed by atoms with Crippen molar-refractivity contribution in [3.63, 3.8) is 0 Å². The molecule has 0 bridgehead atoms. The number of esters is 3. The van der Waals surface area contributed by atoms with Gasteiger partial charge in [-0.3, -0.25) is 14.4 Å². The smallest absolute Gasteiger partial charge is 0.306 e. The lowest BCUT2D eigenvalue weighted by Crippen LogP contribution is -2.30. The average Bonchev–Trinajstić information content (AvgIpc) is 3.26. The highest BCUT2D eigenvalue weighted by Gasteiger charge is 2.19. The summed E-state index contributed by atoms with van der Waals surface area (Å²) in [6, 6.07) is 0. The van der Waals surface area contributed by atoms with E-state index in [-0.39, 0.29) is 31.1 Å². The van der Waals surface area contributed by atoms with Gasteiger partial charge in [0.15, 0.2) is 6.10 Å². The topological polar surface area (TPSA) is 78.9 Å². The van der Waals surface area contributed by atoms with E-state index in [0.29, 0.717) is 19.3 Å². The van der Waals surface area contributed by atoms with Gasteiger partial charge in [-0.1, -0.05) is 176 Å². The Hall–Kier alpha value is -3.41. The van der Waals surface area contributed by atoms with Crippen LogP contribution in [0.2, 0.25) is 0 Å². The third-order valence-electron chi connectivity index (χ3n) is 10.4. The Labute approximate surface area is 375 Å². The van der Waals surface area contributed by atoms with Crippen molar-refractivity contribution in [2.75, 3.05) is 13.2 Å². The predicted octanol–water partition coefficient (Wildman–Crippen LogP) is 16.4. The number of carbonyl (C=O) groups is 3. The van der Waals surface area contributed by atoms with Crippen LogP contribution in [0.4, 0.5) is 0 Å². The summed E-state index contributed by atoms with van der Waals surface area (Å²) >= 11 is 0. The molecule has 0 aliphatic carbocycles. The van der Waals surface area contributed by atoms with E-state index in [0.717, 1.165) is 122 Å². The van der Waals surface area contributed by atoms with Gasteiger partial charge < -0.3 is 14.2 Å². The fourth-order valence-corrected chi connectivity index (χ4v) is 6.57. The van der Waals surface area contributed by atoms with Gasteiger partial charge in [0.05, 0.1) is 0 Å². The summed E-state index contributed by atoms with van der Waals surface area (Å²) in [4.78, 5) is 37.9. The molecule has 0 amide bonds. The van der Waals surface area contributed by atoms with Crippen molar-refractivity contribution in [2.24, 2.45) is 0 Å². The molecule has 61 heavy (non-hydrogen) atoms. The SMILES string of the molecule is CC/C=C\C/C=C\C/C=C\CCCCCCCC(=O)OC[C@H](COC(=O)CCCC/C=C\C/C=C\C/C=C\CCCCC)OC(=O)CCCCCCC/C=C\CCCCCC. The molecule has 1 atom stereocenters. The second-order valence-electron chi connectivity index (χ2n) is 16.3. The molecule has 0 aliphatic rings. The molecule has 0 aromatic heterocycles. The molecule has 0 aromatic carbocycles. The van der Waals surface area contributed by atoms with E-state index in [1.54, 1.807) is 0 Å². The van der Waals surface area contributed by atoms with Gasteiger partial charge >= 0.3 is 17.9 Å². The zero-order valence-corrected chi connectivity index (χ0v) is 39.7. The molecule has 0 fully saturated rings. The number of allylic oxidation sites excluding steroid dienone is 14. The average molecular weight is 849 g/mol. The Balaban J connectivity index is 4.49. The molecular weight excluding hydrogens is 757 g/mol. The summed E-state index contributed by atoms with van der Waals surface area (Å²) < 4.78 is 16.7. The predicted molar refractivity (Wildman–Crippen MR) is 261 cm³/mol.